The zero-order valence-electron chi connectivity index (χ0n) is 12.8. The number of rotatable bonds is 3. The van der Waals surface area contributed by atoms with Crippen molar-refractivity contribution in [3.63, 3.8) is 0 Å². The Morgan fingerprint density at radius 2 is 2.09 bits per heavy atom. The number of amides is 2. The summed E-state index contributed by atoms with van der Waals surface area (Å²) in [5, 5.41) is 23.1. The maximum atomic E-state index is 12.3. The molecule has 1 aliphatic heterocycles. The van der Waals surface area contributed by atoms with Crippen LogP contribution in [0.1, 0.15) is 25.3 Å². The van der Waals surface area contributed by atoms with Crippen LogP contribution in [-0.4, -0.2) is 40.2 Å². The molecule has 1 fully saturated rings. The minimum absolute atomic E-state index is 0.0475. The number of carbonyl (C=O) groups excluding carboxylic acids is 1. The topological polar surface area (TPSA) is 95.7 Å². The molecule has 1 heterocycles. The maximum Gasteiger partial charge on any atom is 0.321 e. The summed E-state index contributed by atoms with van der Waals surface area (Å²) in [5.74, 6) is 0.226. The number of aliphatic hydroxyl groups excluding tert-OH is 1. The van der Waals surface area contributed by atoms with Crippen LogP contribution in [0.2, 0.25) is 0 Å². The highest BCUT2D eigenvalue weighted by atomic mass is 16.6. The summed E-state index contributed by atoms with van der Waals surface area (Å²) < 4.78 is 0. The molecule has 7 heteroatoms. The minimum atomic E-state index is -0.483. The lowest BCUT2D eigenvalue weighted by Crippen LogP contribution is -2.42. The normalized spacial score (nSPS) is 17.1. The number of hydrogen-bond donors (Lipinski definition) is 2. The van der Waals surface area contributed by atoms with Crippen LogP contribution in [0.25, 0.3) is 0 Å². The summed E-state index contributed by atoms with van der Waals surface area (Å²) in [6, 6.07) is 4.15. The van der Waals surface area contributed by atoms with Crippen LogP contribution < -0.4 is 5.32 Å². The van der Waals surface area contributed by atoms with E-state index in [1.807, 2.05) is 0 Å². The Balaban J connectivity index is 2.01. The van der Waals surface area contributed by atoms with E-state index in [0.717, 1.165) is 18.4 Å². The van der Waals surface area contributed by atoms with E-state index in [-0.39, 0.29) is 23.7 Å². The molecule has 2 N–H and O–H groups in total. The van der Waals surface area contributed by atoms with Crippen molar-refractivity contribution < 1.29 is 14.8 Å². The Hall–Kier alpha value is -2.15. The molecule has 1 saturated heterocycles. The van der Waals surface area contributed by atoms with Crippen LogP contribution in [-0.2, 0) is 0 Å². The molecular weight excluding hydrogens is 286 g/mol. The first kappa shape index (κ1) is 16.2. The van der Waals surface area contributed by atoms with Gasteiger partial charge in [0.2, 0.25) is 0 Å². The van der Waals surface area contributed by atoms with Crippen LogP contribution in [0.3, 0.4) is 0 Å². The van der Waals surface area contributed by atoms with Crippen LogP contribution in [0.5, 0.6) is 0 Å². The smallest absolute Gasteiger partial charge is 0.321 e. The molecule has 0 radical (unpaired) electrons. The van der Waals surface area contributed by atoms with E-state index in [9.17, 15) is 20.0 Å². The number of carbonyl (C=O) groups is 1. The van der Waals surface area contributed by atoms with Gasteiger partial charge in [0.05, 0.1) is 16.7 Å². The second-order valence-electron chi connectivity index (χ2n) is 5.75. The number of urea groups is 1. The lowest BCUT2D eigenvalue weighted by molar-refractivity contribution is -0.384. The number of non-ortho nitro benzene ring substituents is 1. The van der Waals surface area contributed by atoms with Crippen molar-refractivity contribution in [1.82, 2.24) is 4.90 Å². The van der Waals surface area contributed by atoms with Gasteiger partial charge in [-0.05, 0) is 38.2 Å². The van der Waals surface area contributed by atoms with E-state index in [2.05, 4.69) is 5.32 Å². The molecule has 2 rings (SSSR count). The number of nitro groups is 1. The molecule has 1 aromatic rings. The Morgan fingerprint density at radius 3 is 2.64 bits per heavy atom. The molecule has 1 unspecified atom stereocenters. The van der Waals surface area contributed by atoms with Gasteiger partial charge in [0, 0.05) is 25.2 Å². The van der Waals surface area contributed by atoms with Gasteiger partial charge in [-0.25, -0.2) is 4.79 Å². The number of nitrogens with zero attached hydrogens (tertiary/aromatic N) is 2. The van der Waals surface area contributed by atoms with Gasteiger partial charge in [-0.3, -0.25) is 10.1 Å². The molecule has 1 aliphatic rings. The molecule has 7 nitrogen and oxygen atoms in total. The van der Waals surface area contributed by atoms with Gasteiger partial charge in [0.1, 0.15) is 0 Å². The van der Waals surface area contributed by atoms with E-state index in [1.54, 1.807) is 24.8 Å². The molecule has 2 amide bonds. The molecule has 120 valence electrons. The fourth-order valence-corrected chi connectivity index (χ4v) is 2.64. The number of nitro benzene ring substituents is 1. The fraction of sp³-hybridized carbons (Fsp3) is 0.533. The van der Waals surface area contributed by atoms with E-state index < -0.39 is 4.92 Å². The van der Waals surface area contributed by atoms with Crippen molar-refractivity contribution in [2.75, 3.05) is 18.4 Å². The largest absolute Gasteiger partial charge is 0.393 e. The van der Waals surface area contributed by atoms with Crippen molar-refractivity contribution >= 4 is 17.4 Å². The Kier molecular flexibility index (Phi) is 4.97. The third-order valence-corrected chi connectivity index (χ3v) is 4.18. The van der Waals surface area contributed by atoms with Gasteiger partial charge in [-0.1, -0.05) is 6.07 Å². The highest BCUT2D eigenvalue weighted by molar-refractivity contribution is 5.90. The quantitative estimate of drug-likeness (QED) is 0.662. The first-order valence-corrected chi connectivity index (χ1v) is 7.37. The minimum Gasteiger partial charge on any atom is -0.393 e. The van der Waals surface area contributed by atoms with E-state index in [0.29, 0.717) is 18.8 Å². The number of hydrogen-bond acceptors (Lipinski definition) is 4. The summed E-state index contributed by atoms with van der Waals surface area (Å²) in [5.41, 5.74) is 1.18. The molecule has 0 aliphatic carbocycles. The number of likely N-dealkylation sites (tertiary alicyclic amines) is 1. The number of benzene rings is 1. The molecule has 1 atom stereocenters. The van der Waals surface area contributed by atoms with Gasteiger partial charge in [-0.15, -0.1) is 0 Å². The summed E-state index contributed by atoms with van der Waals surface area (Å²) in [6.45, 7) is 4.72. The number of anilines is 1. The molecule has 0 spiro atoms. The lowest BCUT2D eigenvalue weighted by Gasteiger charge is -2.33. The van der Waals surface area contributed by atoms with Gasteiger partial charge < -0.3 is 15.3 Å². The van der Waals surface area contributed by atoms with Crippen LogP contribution in [0, 0.1) is 23.0 Å². The van der Waals surface area contributed by atoms with Crippen molar-refractivity contribution in [2.45, 2.75) is 32.8 Å². The first-order chi connectivity index (χ1) is 10.4. The van der Waals surface area contributed by atoms with Gasteiger partial charge in [0.15, 0.2) is 0 Å². The van der Waals surface area contributed by atoms with Gasteiger partial charge in [0.25, 0.3) is 5.69 Å². The standard InChI is InChI=1S/C15H21N3O4/c1-10-3-4-13(18(21)22)9-14(10)16-15(20)17-7-5-12(6-8-17)11(2)19/h3-4,9,11-12,19H,5-8H2,1-2H3,(H,16,20). The average molecular weight is 307 g/mol. The SMILES string of the molecule is Cc1ccc([N+](=O)[O-])cc1NC(=O)N1CCC(C(C)O)CC1. The second kappa shape index (κ2) is 6.74. The summed E-state index contributed by atoms with van der Waals surface area (Å²) in [6.07, 6.45) is 1.17. The molecule has 0 saturated carbocycles. The van der Waals surface area contributed by atoms with Crippen molar-refractivity contribution in [3.8, 4) is 0 Å². The zero-order chi connectivity index (χ0) is 16.3. The summed E-state index contributed by atoms with van der Waals surface area (Å²) >= 11 is 0. The Bertz CT molecular complexity index is 566. The van der Waals surface area contributed by atoms with E-state index in [4.69, 9.17) is 0 Å². The average Bonchev–Trinajstić information content (AvgIpc) is 2.49. The van der Waals surface area contributed by atoms with Crippen LogP contribution in [0.4, 0.5) is 16.2 Å². The zero-order valence-corrected chi connectivity index (χ0v) is 12.8. The highest BCUT2D eigenvalue weighted by Gasteiger charge is 2.25. The second-order valence-corrected chi connectivity index (χ2v) is 5.75. The Labute approximate surface area is 129 Å². The van der Waals surface area contributed by atoms with Crippen molar-refractivity contribution in [3.05, 3.63) is 33.9 Å². The van der Waals surface area contributed by atoms with Gasteiger partial charge >= 0.3 is 6.03 Å². The lowest BCUT2D eigenvalue weighted by atomic mass is 9.92. The fourth-order valence-electron chi connectivity index (χ4n) is 2.64. The van der Waals surface area contributed by atoms with Crippen molar-refractivity contribution in [1.29, 1.82) is 0 Å². The van der Waals surface area contributed by atoms with Crippen molar-refractivity contribution in [2.24, 2.45) is 5.92 Å². The predicted octanol–water partition coefficient (Wildman–Crippen LogP) is 2.53. The van der Waals surface area contributed by atoms with Gasteiger partial charge in [-0.2, -0.15) is 0 Å². The molecule has 0 bridgehead atoms. The first-order valence-electron chi connectivity index (χ1n) is 7.37. The Morgan fingerprint density at radius 1 is 1.45 bits per heavy atom. The number of aryl methyl sites for hydroxylation is 1. The summed E-state index contributed by atoms with van der Waals surface area (Å²) in [4.78, 5) is 24.3. The third kappa shape index (κ3) is 3.73. The molecular formula is C15H21N3O4. The number of aliphatic hydroxyl groups is 1. The monoisotopic (exact) mass is 307 g/mol. The van der Waals surface area contributed by atoms with E-state index >= 15 is 0 Å². The molecule has 22 heavy (non-hydrogen) atoms. The molecule has 1 aromatic carbocycles. The predicted molar refractivity (Wildman–Crippen MR) is 82.8 cm³/mol. The molecule has 0 aromatic heterocycles. The number of piperidine rings is 1. The number of nitrogens with one attached hydrogen (secondary N) is 1. The maximum absolute atomic E-state index is 12.3. The van der Waals surface area contributed by atoms with Crippen LogP contribution in [0.15, 0.2) is 18.2 Å². The third-order valence-electron chi connectivity index (χ3n) is 4.18. The van der Waals surface area contributed by atoms with E-state index in [1.165, 1.54) is 12.1 Å². The summed E-state index contributed by atoms with van der Waals surface area (Å²) in [7, 11) is 0. The van der Waals surface area contributed by atoms with Crippen LogP contribution >= 0.6 is 0 Å². The highest BCUT2D eigenvalue weighted by Crippen LogP contribution is 2.24.